The minimum absolute atomic E-state index is 0.00479. The Bertz CT molecular complexity index is 927. The zero-order valence-corrected chi connectivity index (χ0v) is 16.1. The van der Waals surface area contributed by atoms with Crippen molar-refractivity contribution < 1.29 is 0 Å². The maximum atomic E-state index is 4.60. The maximum absolute atomic E-state index is 4.60. The molecule has 1 fully saturated rings. The first-order valence-electron chi connectivity index (χ1n) is 9.97. The van der Waals surface area contributed by atoms with Crippen molar-refractivity contribution in [1.29, 1.82) is 0 Å². The number of aromatic nitrogens is 1. The van der Waals surface area contributed by atoms with Crippen molar-refractivity contribution in [3.05, 3.63) is 84.6 Å². The summed E-state index contributed by atoms with van der Waals surface area (Å²) in [5.74, 6) is 0.828. The topological polar surface area (TPSA) is 24.9 Å². The highest BCUT2D eigenvalue weighted by Gasteiger charge is 2.31. The Labute approximate surface area is 162 Å². The van der Waals surface area contributed by atoms with E-state index >= 15 is 0 Å². The first kappa shape index (κ1) is 17.8. The molecule has 2 aromatic carbocycles. The molecule has 1 atom stereocenters. The Kier molecular flexibility index (Phi) is 4.98. The first-order chi connectivity index (χ1) is 13.1. The number of hydrogen-bond acceptors (Lipinski definition) is 2. The van der Waals surface area contributed by atoms with Gasteiger partial charge in [0.25, 0.3) is 0 Å². The van der Waals surface area contributed by atoms with Crippen LogP contribution in [0.15, 0.2) is 73.4 Å². The Morgan fingerprint density at radius 3 is 2.59 bits per heavy atom. The Hall–Kier alpha value is -2.61. The lowest BCUT2D eigenvalue weighted by molar-refractivity contribution is 0.217. The molecular formula is C25H28N2. The number of hydrogen-bond donors (Lipinski definition) is 1. The summed E-state index contributed by atoms with van der Waals surface area (Å²) in [5, 5.41) is 4.94. The van der Waals surface area contributed by atoms with Gasteiger partial charge in [-0.3, -0.25) is 4.98 Å². The molecule has 1 aliphatic rings. The Balaban J connectivity index is 1.56. The predicted molar refractivity (Wildman–Crippen MR) is 114 cm³/mol. The van der Waals surface area contributed by atoms with Gasteiger partial charge in [-0.05, 0) is 43.4 Å². The highest BCUT2D eigenvalue weighted by atomic mass is 15.0. The molecule has 0 saturated heterocycles. The van der Waals surface area contributed by atoms with Gasteiger partial charge >= 0.3 is 0 Å². The first-order valence-corrected chi connectivity index (χ1v) is 9.97. The highest BCUT2D eigenvalue weighted by Crippen LogP contribution is 2.36. The average molecular weight is 357 g/mol. The van der Waals surface area contributed by atoms with Crippen molar-refractivity contribution in [3.63, 3.8) is 0 Å². The zero-order chi connectivity index (χ0) is 18.7. The number of fused-ring (bicyclic) bond motifs is 1. The van der Waals surface area contributed by atoms with Gasteiger partial charge in [-0.15, -0.1) is 0 Å². The molecule has 1 heterocycles. The van der Waals surface area contributed by atoms with E-state index in [0.29, 0.717) is 0 Å². The zero-order valence-electron chi connectivity index (χ0n) is 16.1. The molecule has 1 aromatic heterocycles. The third-order valence-corrected chi connectivity index (χ3v) is 5.79. The summed E-state index contributed by atoms with van der Waals surface area (Å²) in [6.07, 6.45) is 8.21. The number of benzene rings is 2. The molecule has 0 spiro atoms. The molecule has 2 heteroatoms. The van der Waals surface area contributed by atoms with Crippen LogP contribution >= 0.6 is 0 Å². The molecule has 1 aliphatic carbocycles. The molecule has 3 aromatic rings. The molecule has 1 unspecified atom stereocenters. The van der Waals surface area contributed by atoms with E-state index < -0.39 is 0 Å². The molecule has 0 amide bonds. The lowest BCUT2D eigenvalue weighted by atomic mass is 9.74. The monoisotopic (exact) mass is 356 g/mol. The predicted octanol–water partition coefficient (Wildman–Crippen LogP) is 5.99. The number of pyridine rings is 1. The van der Waals surface area contributed by atoms with E-state index in [-0.39, 0.29) is 5.54 Å². The molecule has 0 aliphatic heterocycles. The van der Waals surface area contributed by atoms with Crippen LogP contribution < -0.4 is 5.32 Å². The van der Waals surface area contributed by atoms with Crippen LogP contribution in [0.1, 0.15) is 43.7 Å². The minimum Gasteiger partial charge on any atom is -0.379 e. The van der Waals surface area contributed by atoms with Gasteiger partial charge in [-0.25, -0.2) is 0 Å². The van der Waals surface area contributed by atoms with Crippen LogP contribution in [0.5, 0.6) is 0 Å². The van der Waals surface area contributed by atoms with Crippen molar-refractivity contribution in [3.8, 4) is 0 Å². The lowest BCUT2D eigenvalue weighted by Crippen LogP contribution is -2.45. The Morgan fingerprint density at radius 2 is 1.85 bits per heavy atom. The third kappa shape index (κ3) is 4.21. The van der Waals surface area contributed by atoms with Gasteiger partial charge in [0.1, 0.15) is 0 Å². The molecule has 4 rings (SSSR count). The summed E-state index contributed by atoms with van der Waals surface area (Å²) in [5.41, 5.74) is 4.43. The SMILES string of the molecule is C=C(NC(C)(Cc1ccccc1)CC1CCC1)c1cnc2ccccc2c1. The van der Waals surface area contributed by atoms with Crippen molar-refractivity contribution >= 4 is 16.6 Å². The van der Waals surface area contributed by atoms with E-state index in [1.54, 1.807) is 0 Å². The lowest BCUT2D eigenvalue weighted by Gasteiger charge is -2.39. The van der Waals surface area contributed by atoms with Crippen molar-refractivity contribution in [2.45, 2.75) is 44.6 Å². The van der Waals surface area contributed by atoms with E-state index in [1.807, 2.05) is 18.3 Å². The number of rotatable bonds is 7. The molecule has 138 valence electrons. The molecule has 0 bridgehead atoms. The quantitative estimate of drug-likeness (QED) is 0.563. The van der Waals surface area contributed by atoms with Gasteiger partial charge in [0, 0.05) is 28.4 Å². The normalized spacial score (nSPS) is 16.5. The second-order valence-corrected chi connectivity index (χ2v) is 8.24. The van der Waals surface area contributed by atoms with Gasteiger partial charge in [0.2, 0.25) is 0 Å². The minimum atomic E-state index is -0.00479. The number of nitrogens with one attached hydrogen (secondary N) is 1. The van der Waals surface area contributed by atoms with Gasteiger partial charge in [-0.1, -0.05) is 74.4 Å². The second kappa shape index (κ2) is 7.56. The van der Waals surface area contributed by atoms with Crippen LogP contribution in [-0.4, -0.2) is 10.5 Å². The van der Waals surface area contributed by atoms with E-state index in [1.165, 1.54) is 31.2 Å². The van der Waals surface area contributed by atoms with Crippen LogP contribution in [0.25, 0.3) is 16.6 Å². The van der Waals surface area contributed by atoms with Crippen molar-refractivity contribution in [2.24, 2.45) is 5.92 Å². The molecule has 1 saturated carbocycles. The fourth-order valence-corrected chi connectivity index (χ4v) is 4.22. The van der Waals surface area contributed by atoms with E-state index in [4.69, 9.17) is 0 Å². The van der Waals surface area contributed by atoms with Crippen LogP contribution in [0.4, 0.5) is 0 Å². The standard InChI is InChI=1S/C25H28N2/c1-19(23-15-22-13-6-7-14-24(22)26-18-23)27-25(2,17-21-11-8-12-21)16-20-9-4-3-5-10-20/h3-7,9-10,13-15,18,21,27H,1,8,11-12,16-17H2,2H3. The van der Waals surface area contributed by atoms with E-state index in [9.17, 15) is 0 Å². The average Bonchev–Trinajstić information content (AvgIpc) is 2.65. The van der Waals surface area contributed by atoms with Gasteiger partial charge in [0.15, 0.2) is 0 Å². The number of para-hydroxylation sites is 1. The molecular weight excluding hydrogens is 328 g/mol. The Morgan fingerprint density at radius 1 is 1.11 bits per heavy atom. The largest absolute Gasteiger partial charge is 0.379 e. The van der Waals surface area contributed by atoms with Crippen LogP contribution in [0.2, 0.25) is 0 Å². The smallest absolute Gasteiger partial charge is 0.0702 e. The highest BCUT2D eigenvalue weighted by molar-refractivity contribution is 5.82. The van der Waals surface area contributed by atoms with Crippen LogP contribution in [-0.2, 0) is 6.42 Å². The van der Waals surface area contributed by atoms with Crippen LogP contribution in [0, 0.1) is 5.92 Å². The summed E-state index contributed by atoms with van der Waals surface area (Å²) in [4.78, 5) is 4.60. The van der Waals surface area contributed by atoms with E-state index in [0.717, 1.165) is 34.5 Å². The summed E-state index contributed by atoms with van der Waals surface area (Å²) in [6.45, 7) is 6.70. The number of nitrogens with zero attached hydrogens (tertiary/aromatic N) is 1. The second-order valence-electron chi connectivity index (χ2n) is 8.24. The van der Waals surface area contributed by atoms with Crippen molar-refractivity contribution in [1.82, 2.24) is 10.3 Å². The van der Waals surface area contributed by atoms with Crippen LogP contribution in [0.3, 0.4) is 0 Å². The van der Waals surface area contributed by atoms with Crippen molar-refractivity contribution in [2.75, 3.05) is 0 Å². The van der Waals surface area contributed by atoms with Gasteiger partial charge in [0.05, 0.1) is 5.52 Å². The summed E-state index contributed by atoms with van der Waals surface area (Å²) < 4.78 is 0. The van der Waals surface area contributed by atoms with Gasteiger partial charge in [-0.2, -0.15) is 0 Å². The molecule has 0 radical (unpaired) electrons. The van der Waals surface area contributed by atoms with Gasteiger partial charge < -0.3 is 5.32 Å². The summed E-state index contributed by atoms with van der Waals surface area (Å²) >= 11 is 0. The molecule has 27 heavy (non-hydrogen) atoms. The summed E-state index contributed by atoms with van der Waals surface area (Å²) in [6, 6.07) is 21.2. The molecule has 2 nitrogen and oxygen atoms in total. The third-order valence-electron chi connectivity index (χ3n) is 5.79. The molecule has 1 N–H and O–H groups in total. The fraction of sp³-hybridized carbons (Fsp3) is 0.320. The maximum Gasteiger partial charge on any atom is 0.0702 e. The fourth-order valence-electron chi connectivity index (χ4n) is 4.22. The van der Waals surface area contributed by atoms with E-state index in [2.05, 4.69) is 72.3 Å². The summed E-state index contributed by atoms with van der Waals surface area (Å²) in [7, 11) is 0.